The number of carbonyl (C=O) groups excluding carboxylic acids is 2. The van der Waals surface area contributed by atoms with Crippen molar-refractivity contribution in [1.29, 1.82) is 0 Å². The van der Waals surface area contributed by atoms with Crippen LogP contribution in [0.2, 0.25) is 0 Å². The number of rotatable bonds is 7. The molecule has 0 aromatic heterocycles. The lowest BCUT2D eigenvalue weighted by Crippen LogP contribution is -2.36. The fraction of sp³-hybridized carbons (Fsp3) is 0.423. The van der Waals surface area contributed by atoms with Gasteiger partial charge < -0.3 is 14.5 Å². The van der Waals surface area contributed by atoms with E-state index < -0.39 is 0 Å². The minimum Gasteiger partial charge on any atom is -0.462 e. The van der Waals surface area contributed by atoms with Crippen molar-refractivity contribution >= 4 is 17.6 Å². The largest absolute Gasteiger partial charge is 0.462 e. The number of hydrogen-bond acceptors (Lipinski definition) is 5. The van der Waals surface area contributed by atoms with Crippen LogP contribution in [-0.4, -0.2) is 48.3 Å². The van der Waals surface area contributed by atoms with Crippen LogP contribution < -0.4 is 0 Å². The zero-order valence-electron chi connectivity index (χ0n) is 18.5. The highest BCUT2D eigenvalue weighted by Crippen LogP contribution is 2.26. The highest BCUT2D eigenvalue weighted by Gasteiger charge is 2.34. The van der Waals surface area contributed by atoms with E-state index >= 15 is 0 Å². The van der Waals surface area contributed by atoms with Gasteiger partial charge in [-0.1, -0.05) is 47.6 Å². The number of amides is 1. The summed E-state index contributed by atoms with van der Waals surface area (Å²) in [4.78, 5) is 32.3. The Labute approximate surface area is 189 Å². The maximum atomic E-state index is 13.3. The van der Waals surface area contributed by atoms with E-state index in [4.69, 9.17) is 9.57 Å². The predicted molar refractivity (Wildman–Crippen MR) is 123 cm³/mol. The van der Waals surface area contributed by atoms with E-state index in [0.717, 1.165) is 42.5 Å². The molecule has 1 saturated carbocycles. The number of nitrogens with zero attached hydrogens (tertiary/aromatic N) is 2. The first kappa shape index (κ1) is 22.1. The molecule has 4 rings (SSSR count). The van der Waals surface area contributed by atoms with Crippen molar-refractivity contribution in [2.75, 3.05) is 13.7 Å². The Morgan fingerprint density at radius 1 is 1.00 bits per heavy atom. The predicted octanol–water partition coefficient (Wildman–Crippen LogP) is 4.84. The minimum atomic E-state index is -0.173. The maximum Gasteiger partial charge on any atom is 0.306 e. The number of hydrogen-bond donors (Lipinski definition) is 0. The van der Waals surface area contributed by atoms with Crippen LogP contribution in [0.25, 0.3) is 11.1 Å². The van der Waals surface area contributed by atoms with Crippen molar-refractivity contribution in [3.05, 3.63) is 60.2 Å². The van der Waals surface area contributed by atoms with Gasteiger partial charge in [-0.15, -0.1) is 0 Å². The summed E-state index contributed by atoms with van der Waals surface area (Å²) in [5.74, 6) is -0.228. The second-order valence-electron chi connectivity index (χ2n) is 8.51. The number of esters is 1. The average molecular weight is 435 g/mol. The van der Waals surface area contributed by atoms with Gasteiger partial charge in [-0.25, -0.2) is 0 Å². The molecule has 2 aliphatic rings. The van der Waals surface area contributed by atoms with Gasteiger partial charge in [0.05, 0.1) is 12.3 Å². The third-order valence-corrected chi connectivity index (χ3v) is 6.27. The Balaban J connectivity index is 1.42. The van der Waals surface area contributed by atoms with Crippen molar-refractivity contribution in [3.63, 3.8) is 0 Å². The standard InChI is InChI=1S/C26H30N2O4/c1-31-27-22-17-23(15-16-25(29)32-24-9-5-6-10-24)28(18-22)26(30)21-13-11-20(12-14-21)19-7-3-2-4-8-19/h2-4,7-8,11-14,23-24H,5-6,9-10,15-18H2,1H3/b27-22-/t23-/m1/s1. The zero-order chi connectivity index (χ0) is 22.3. The molecule has 0 N–H and O–H groups in total. The first-order valence-electron chi connectivity index (χ1n) is 11.4. The molecule has 2 aromatic carbocycles. The zero-order valence-corrected chi connectivity index (χ0v) is 18.5. The Morgan fingerprint density at radius 3 is 2.38 bits per heavy atom. The van der Waals surface area contributed by atoms with Gasteiger partial charge in [-0.2, -0.15) is 0 Å². The number of carbonyl (C=O) groups is 2. The van der Waals surface area contributed by atoms with E-state index in [1.807, 2.05) is 54.6 Å². The van der Waals surface area contributed by atoms with Gasteiger partial charge in [0.25, 0.3) is 5.91 Å². The summed E-state index contributed by atoms with van der Waals surface area (Å²) in [7, 11) is 1.51. The van der Waals surface area contributed by atoms with Gasteiger partial charge >= 0.3 is 5.97 Å². The third kappa shape index (κ3) is 5.36. The molecule has 2 fully saturated rings. The Bertz CT molecular complexity index is 950. The molecule has 0 spiro atoms. The monoisotopic (exact) mass is 434 g/mol. The molecular weight excluding hydrogens is 404 g/mol. The molecule has 6 nitrogen and oxygen atoms in total. The van der Waals surface area contributed by atoms with Crippen LogP contribution in [0.15, 0.2) is 59.8 Å². The van der Waals surface area contributed by atoms with Crippen LogP contribution in [-0.2, 0) is 14.4 Å². The summed E-state index contributed by atoms with van der Waals surface area (Å²) < 4.78 is 5.58. The molecule has 1 aliphatic carbocycles. The molecule has 0 radical (unpaired) electrons. The average Bonchev–Trinajstić information content (AvgIpc) is 3.48. The fourth-order valence-corrected chi connectivity index (χ4v) is 4.60. The molecule has 2 aromatic rings. The summed E-state index contributed by atoms with van der Waals surface area (Å²) in [6.07, 6.45) is 5.72. The topological polar surface area (TPSA) is 68.2 Å². The Hall–Kier alpha value is -3.15. The van der Waals surface area contributed by atoms with Gasteiger partial charge in [0.1, 0.15) is 13.2 Å². The molecule has 1 amide bonds. The molecule has 1 aliphatic heterocycles. The normalized spacial score (nSPS) is 20.0. The molecule has 1 saturated heterocycles. The van der Waals surface area contributed by atoms with E-state index in [9.17, 15) is 9.59 Å². The number of benzene rings is 2. The molecular formula is C26H30N2O4. The molecule has 0 bridgehead atoms. The molecule has 1 atom stereocenters. The van der Waals surface area contributed by atoms with E-state index in [2.05, 4.69) is 5.16 Å². The summed E-state index contributed by atoms with van der Waals surface area (Å²) in [6.45, 7) is 0.412. The quantitative estimate of drug-likeness (QED) is 0.462. The van der Waals surface area contributed by atoms with Gasteiger partial charge in [-0.3, -0.25) is 9.59 Å². The molecule has 168 valence electrons. The van der Waals surface area contributed by atoms with E-state index in [1.54, 1.807) is 4.90 Å². The van der Waals surface area contributed by atoms with Crippen LogP contribution in [0.3, 0.4) is 0 Å². The van der Waals surface area contributed by atoms with Gasteiger partial charge in [0.2, 0.25) is 0 Å². The molecule has 0 unspecified atom stereocenters. The lowest BCUT2D eigenvalue weighted by Gasteiger charge is -2.24. The maximum absolute atomic E-state index is 13.3. The van der Waals surface area contributed by atoms with Crippen molar-refractivity contribution in [3.8, 4) is 11.1 Å². The summed E-state index contributed by atoms with van der Waals surface area (Å²) in [5.41, 5.74) is 3.62. The first-order valence-corrected chi connectivity index (χ1v) is 11.4. The smallest absolute Gasteiger partial charge is 0.306 e. The number of likely N-dealkylation sites (tertiary alicyclic amines) is 1. The highest BCUT2D eigenvalue weighted by molar-refractivity contribution is 6.00. The number of ether oxygens (including phenoxy) is 1. The Morgan fingerprint density at radius 2 is 1.69 bits per heavy atom. The third-order valence-electron chi connectivity index (χ3n) is 6.27. The summed E-state index contributed by atoms with van der Waals surface area (Å²) in [6, 6.07) is 17.6. The van der Waals surface area contributed by atoms with Crippen molar-refractivity contribution in [2.45, 2.75) is 57.1 Å². The van der Waals surface area contributed by atoms with Crippen molar-refractivity contribution in [1.82, 2.24) is 4.90 Å². The van der Waals surface area contributed by atoms with Crippen LogP contribution in [0.1, 0.15) is 55.3 Å². The number of oxime groups is 1. The molecule has 32 heavy (non-hydrogen) atoms. The highest BCUT2D eigenvalue weighted by atomic mass is 16.6. The Kier molecular flexibility index (Phi) is 7.20. The van der Waals surface area contributed by atoms with E-state index in [0.29, 0.717) is 31.4 Å². The van der Waals surface area contributed by atoms with E-state index in [1.165, 1.54) is 7.11 Å². The van der Waals surface area contributed by atoms with Gasteiger partial charge in [0, 0.05) is 24.4 Å². The summed E-state index contributed by atoms with van der Waals surface area (Å²) >= 11 is 0. The van der Waals surface area contributed by atoms with Crippen LogP contribution >= 0.6 is 0 Å². The lowest BCUT2D eigenvalue weighted by atomic mass is 10.0. The summed E-state index contributed by atoms with van der Waals surface area (Å²) in [5, 5.41) is 4.07. The SMILES string of the molecule is CO/N=C1/C[C@@H](CCC(=O)OC2CCCC2)N(C(=O)c2ccc(-c3ccccc3)cc2)C1. The lowest BCUT2D eigenvalue weighted by molar-refractivity contribution is -0.149. The van der Waals surface area contributed by atoms with Gasteiger partial charge in [0.15, 0.2) is 0 Å². The minimum absolute atomic E-state index is 0.0555. The van der Waals surface area contributed by atoms with Crippen LogP contribution in [0.5, 0.6) is 0 Å². The second-order valence-corrected chi connectivity index (χ2v) is 8.51. The van der Waals surface area contributed by atoms with E-state index in [-0.39, 0.29) is 24.0 Å². The second kappa shape index (κ2) is 10.4. The molecule has 1 heterocycles. The van der Waals surface area contributed by atoms with Crippen LogP contribution in [0, 0.1) is 0 Å². The van der Waals surface area contributed by atoms with Gasteiger partial charge in [-0.05, 0) is 55.4 Å². The van der Waals surface area contributed by atoms with Crippen molar-refractivity contribution in [2.24, 2.45) is 5.16 Å². The van der Waals surface area contributed by atoms with Crippen molar-refractivity contribution < 1.29 is 19.2 Å². The molecule has 6 heteroatoms. The first-order chi connectivity index (χ1) is 15.6. The van der Waals surface area contributed by atoms with Crippen LogP contribution in [0.4, 0.5) is 0 Å². The fourth-order valence-electron chi connectivity index (χ4n) is 4.60.